The average molecular weight is 1300 g/mol. The summed E-state index contributed by atoms with van der Waals surface area (Å²) < 4.78 is 0. The Bertz CT molecular complexity index is 983. The summed E-state index contributed by atoms with van der Waals surface area (Å²) in [7, 11) is 0. The molecular formula is C30H51I5N3O9S2-. The zero-order chi connectivity index (χ0) is 38.8. The quantitative estimate of drug-likeness (QED) is 0.111. The van der Waals surface area contributed by atoms with Crippen molar-refractivity contribution in [2.24, 2.45) is 5.73 Å². The van der Waals surface area contributed by atoms with Gasteiger partial charge in [-0.15, -0.1) is 5.06 Å². The summed E-state index contributed by atoms with van der Waals surface area (Å²) in [5.41, 5.74) is 5.55. The summed E-state index contributed by atoms with van der Waals surface area (Å²) in [5, 5.41) is 2.83. The van der Waals surface area contributed by atoms with E-state index in [1.54, 1.807) is 6.92 Å². The Morgan fingerprint density at radius 1 is 0.776 bits per heavy atom. The van der Waals surface area contributed by atoms with Gasteiger partial charge in [0.15, 0.2) is 16.0 Å². The van der Waals surface area contributed by atoms with Crippen LogP contribution in [-0.2, 0) is 43.2 Å². The van der Waals surface area contributed by atoms with Crippen molar-refractivity contribution >= 4 is 143 Å². The fourth-order valence-corrected chi connectivity index (χ4v) is 4.29. The molecule has 12 nitrogen and oxygen atoms in total. The molecule has 0 bridgehead atoms. The van der Waals surface area contributed by atoms with Crippen LogP contribution in [0.2, 0.25) is 0 Å². The summed E-state index contributed by atoms with van der Waals surface area (Å²) in [6.45, 7) is 10.1. The van der Waals surface area contributed by atoms with Crippen LogP contribution >= 0.6 is 98.0 Å². The van der Waals surface area contributed by atoms with E-state index in [1.165, 1.54) is 40.0 Å². The Morgan fingerprint density at radius 3 is 1.59 bits per heavy atom. The molecule has 1 saturated heterocycles. The van der Waals surface area contributed by atoms with Gasteiger partial charge in [0, 0.05) is 63.9 Å². The van der Waals surface area contributed by atoms with Crippen LogP contribution in [0, 0.1) is 0 Å². The molecule has 0 aromatic carbocycles. The van der Waals surface area contributed by atoms with E-state index in [4.69, 9.17) is 5.73 Å². The van der Waals surface area contributed by atoms with Gasteiger partial charge >= 0.3 is 56.5 Å². The molecular weight excluding hydrogens is 1240 g/mol. The van der Waals surface area contributed by atoms with E-state index >= 15 is 0 Å². The van der Waals surface area contributed by atoms with Gasteiger partial charge < -0.3 is 15.9 Å². The van der Waals surface area contributed by atoms with E-state index in [0.29, 0.717) is 24.7 Å². The summed E-state index contributed by atoms with van der Waals surface area (Å²) in [6.07, 6.45) is 10.8. The van der Waals surface area contributed by atoms with Gasteiger partial charge in [0.25, 0.3) is 11.8 Å². The topological polar surface area (TPSA) is 187 Å². The van der Waals surface area contributed by atoms with Crippen molar-refractivity contribution in [3.05, 3.63) is 0 Å². The first-order valence-corrected chi connectivity index (χ1v) is 36.3. The van der Waals surface area contributed by atoms with E-state index in [9.17, 15) is 38.4 Å². The van der Waals surface area contributed by atoms with Crippen LogP contribution < -0.4 is 24.3 Å². The van der Waals surface area contributed by atoms with Crippen LogP contribution in [0.3, 0.4) is 0 Å². The average Bonchev–Trinajstić information content (AvgIpc) is 3.36. The van der Waals surface area contributed by atoms with E-state index in [2.05, 4.69) is 98.5 Å². The molecule has 49 heavy (non-hydrogen) atoms. The Kier molecular flexibility index (Phi) is 46.7. The van der Waals surface area contributed by atoms with Gasteiger partial charge in [-0.1, -0.05) is 88.7 Å². The third-order valence-electron chi connectivity index (χ3n) is 6.06. The summed E-state index contributed by atoms with van der Waals surface area (Å²) in [6, 6.07) is -0.617. The number of amides is 3. The zero-order valence-corrected chi connectivity index (χ0v) is 41.4. The number of thioether (sulfide) groups is 2. The van der Waals surface area contributed by atoms with Crippen molar-refractivity contribution in [3.63, 3.8) is 0 Å². The number of rotatable bonds is 18. The molecule has 1 rings (SSSR count). The molecule has 3 N–H and O–H groups in total. The van der Waals surface area contributed by atoms with Crippen molar-refractivity contribution in [1.82, 2.24) is 10.4 Å². The van der Waals surface area contributed by atoms with E-state index in [0.717, 1.165) is 62.0 Å². The molecule has 0 aromatic rings. The second kappa shape index (κ2) is 40.3. The number of halogens is 5. The Hall–Kier alpha value is 1.07. The first kappa shape index (κ1) is 56.8. The van der Waals surface area contributed by atoms with Gasteiger partial charge in [0.05, 0.1) is 17.8 Å². The van der Waals surface area contributed by atoms with Crippen molar-refractivity contribution in [1.29, 1.82) is 0 Å². The number of hydrogen-bond acceptors (Lipinski definition) is 12. The van der Waals surface area contributed by atoms with E-state index < -0.39 is 23.8 Å². The molecule has 2 atom stereocenters. The van der Waals surface area contributed by atoms with Crippen LogP contribution in [-0.4, -0.2) is 74.1 Å². The van der Waals surface area contributed by atoms with Gasteiger partial charge in [0.2, 0.25) is 5.91 Å². The zero-order valence-electron chi connectivity index (χ0n) is 29.0. The molecule has 0 aliphatic carbocycles. The fourth-order valence-electron chi connectivity index (χ4n) is 3.50. The minimum absolute atomic E-state index is 0.0207. The molecule has 1 heterocycles. The Labute approximate surface area is 353 Å². The second-order valence-electron chi connectivity index (χ2n) is 10.3. The van der Waals surface area contributed by atoms with Crippen LogP contribution in [0.15, 0.2) is 0 Å². The number of nitrogens with zero attached hydrogens (tertiary/aromatic N) is 1. The number of Topliss-reactive ketones (excluding diaryl/α,β-unsaturated/α-hetero) is 2. The normalized spacial score (nSPS) is 12.7. The van der Waals surface area contributed by atoms with Crippen molar-refractivity contribution in [2.45, 2.75) is 131 Å². The number of imide groups is 1. The number of carbonyl (C=O) groups excluding carboxylic acids is 8. The van der Waals surface area contributed by atoms with Crippen molar-refractivity contribution < 1.29 is 56.4 Å². The molecule has 3 amide bonds. The van der Waals surface area contributed by atoms with Crippen molar-refractivity contribution in [3.8, 4) is 0 Å². The van der Waals surface area contributed by atoms with Gasteiger partial charge in [-0.3, -0.25) is 33.6 Å². The number of unbranched alkanes of at least 4 members (excludes halogenated alkanes) is 6. The van der Waals surface area contributed by atoms with Gasteiger partial charge in [0.1, 0.15) is 11.5 Å². The monoisotopic (exact) mass is 1300 g/mol. The molecule has 1 aliphatic heterocycles. The van der Waals surface area contributed by atoms with Crippen LogP contribution in [0.1, 0.15) is 119 Å². The first-order valence-electron chi connectivity index (χ1n) is 15.5. The summed E-state index contributed by atoms with van der Waals surface area (Å²) in [4.78, 5) is 92.4. The maximum absolute atomic E-state index is 11.5. The molecule has 19 heteroatoms. The summed E-state index contributed by atoms with van der Waals surface area (Å²) in [5.74, 6) is -2.10. The van der Waals surface area contributed by atoms with E-state index in [1.807, 2.05) is 0 Å². The maximum atomic E-state index is 11.5. The molecule has 0 aromatic heterocycles. The van der Waals surface area contributed by atoms with Gasteiger partial charge in [-0.2, -0.15) is 0 Å². The Morgan fingerprint density at radius 2 is 1.20 bits per heavy atom. The van der Waals surface area contributed by atoms with E-state index in [-0.39, 0.29) is 58.1 Å². The molecule has 0 radical (unpaired) electrons. The number of carbonyl (C=O) groups is 8. The van der Waals surface area contributed by atoms with Crippen LogP contribution in [0.5, 0.6) is 0 Å². The van der Waals surface area contributed by atoms with Crippen LogP contribution in [0.25, 0.3) is 0 Å². The predicted molar refractivity (Wildman–Crippen MR) is 228 cm³/mol. The third-order valence-corrected chi connectivity index (χ3v) is 7.66. The van der Waals surface area contributed by atoms with Gasteiger partial charge in [-0.25, -0.2) is 4.79 Å². The number of ketones is 2. The third kappa shape index (κ3) is 40.1. The number of nitrogens with two attached hydrogens (primary N) is 1. The first-order chi connectivity index (χ1) is 23.1. The molecule has 1 fully saturated rings. The Balaban J connectivity index is -0.000000296. The SMILES string of the molecule is CC(=O)SCC(=O)ON1C(=O)CCC1=O.CCCCCCC(N)C(C)=O.CCCCCCC(NC(=O)CSC(C)=O)C(C)=O.II.I[I-]I. The summed E-state index contributed by atoms with van der Waals surface area (Å²) >= 11 is 11.3. The minimum atomic E-state index is -0.779. The standard InChI is InChI=1S/C13H23NO3S.C9H19NO.C8H9NO5S.I3.I2/c1-4-5-6-7-8-12(10(2)15)14-13(17)9-18-11(3)16;1-3-4-5-6-7-9(10)8(2)11;1-5(10)15-4-8(13)14-9-6(11)2-3-7(9)12;1-3-2;1-2/h12H,4-9H2,1-3H3,(H,14,17);9H,3-7,10H2,1-2H3;2-4H2,1H3;;/q;;;-1;. The predicted octanol–water partition coefficient (Wildman–Crippen LogP) is 4.60. The molecule has 288 valence electrons. The molecule has 0 spiro atoms. The molecule has 1 aliphatic rings. The number of nitrogens with one attached hydrogen (secondary N) is 1. The molecule has 2 unspecified atom stereocenters. The fraction of sp³-hybridized carbons (Fsp3) is 0.733. The molecule has 0 saturated carbocycles. The van der Waals surface area contributed by atoms with Crippen LogP contribution in [0.4, 0.5) is 0 Å². The van der Waals surface area contributed by atoms with Crippen molar-refractivity contribution in [2.75, 3.05) is 11.5 Å². The van der Waals surface area contributed by atoms with Gasteiger partial charge in [-0.05, 0) is 26.7 Å². The number of hydrogen-bond donors (Lipinski definition) is 2. The number of hydroxylamine groups is 2. The second-order valence-corrected chi connectivity index (χ2v) is 28.9.